The quantitative estimate of drug-likeness (QED) is 0.535. The molecule has 0 aliphatic carbocycles. The summed E-state index contributed by atoms with van der Waals surface area (Å²) in [5.41, 5.74) is 0. The normalized spacial score (nSPS) is 23.4. The van der Waals surface area contributed by atoms with Gasteiger partial charge in [0.15, 0.2) is 6.29 Å². The largest absolute Gasteiger partial charge is 0.385 e. The van der Waals surface area contributed by atoms with Gasteiger partial charge in [0.25, 0.3) is 0 Å². The Morgan fingerprint density at radius 2 is 2.38 bits per heavy atom. The molecular weight excluding hydrogens is 204 g/mol. The second kappa shape index (κ2) is 8.50. The lowest BCUT2D eigenvalue weighted by Gasteiger charge is -2.22. The molecule has 2 atom stereocenters. The van der Waals surface area contributed by atoms with Gasteiger partial charge >= 0.3 is 0 Å². The van der Waals surface area contributed by atoms with E-state index in [0.717, 1.165) is 38.9 Å². The maximum Gasteiger partial charge on any atom is 0.157 e. The lowest BCUT2D eigenvalue weighted by molar-refractivity contribution is -0.162. The molecule has 0 amide bonds. The minimum Gasteiger partial charge on any atom is -0.385 e. The molecule has 3 nitrogen and oxygen atoms in total. The molecule has 1 aliphatic heterocycles. The molecule has 0 radical (unpaired) electrons. The van der Waals surface area contributed by atoms with Crippen molar-refractivity contribution in [3.8, 4) is 0 Å². The number of aliphatic hydroxyl groups is 1. The molecule has 0 spiro atoms. The van der Waals surface area contributed by atoms with Crippen molar-refractivity contribution in [2.45, 2.75) is 44.5 Å². The second-order valence-corrected chi connectivity index (χ2v) is 3.96. The topological polar surface area (TPSA) is 38.7 Å². The van der Waals surface area contributed by atoms with E-state index in [-0.39, 0.29) is 6.29 Å². The van der Waals surface area contributed by atoms with E-state index in [1.54, 1.807) is 6.08 Å². The number of aliphatic hydroxyl groups excluding tert-OH is 1. The molecule has 0 aromatic rings. The molecule has 1 N–H and O–H groups in total. The lowest BCUT2D eigenvalue weighted by atomic mass is 10.2. The first kappa shape index (κ1) is 13.4. The van der Waals surface area contributed by atoms with Crippen molar-refractivity contribution < 1.29 is 14.6 Å². The fourth-order valence-corrected chi connectivity index (χ4v) is 1.57. The van der Waals surface area contributed by atoms with E-state index in [4.69, 9.17) is 14.6 Å². The first-order valence-corrected chi connectivity index (χ1v) is 6.03. The summed E-state index contributed by atoms with van der Waals surface area (Å²) in [7, 11) is 0. The van der Waals surface area contributed by atoms with Crippen LogP contribution in [-0.2, 0) is 9.47 Å². The lowest BCUT2D eigenvalue weighted by Crippen LogP contribution is -2.22. The molecule has 0 saturated carbocycles. The minimum absolute atomic E-state index is 0.0106. The third kappa shape index (κ3) is 6.05. The van der Waals surface area contributed by atoms with E-state index in [9.17, 15) is 0 Å². The predicted octanol–water partition coefficient (Wildman–Crippen LogP) is 2.41. The van der Waals surface area contributed by atoms with Crippen LogP contribution < -0.4 is 0 Å². The van der Waals surface area contributed by atoms with Gasteiger partial charge in [0.2, 0.25) is 0 Å². The molecule has 0 bridgehead atoms. The Bertz CT molecular complexity index is 207. The van der Waals surface area contributed by atoms with Crippen LogP contribution in [0.4, 0.5) is 0 Å². The fraction of sp³-hybridized carbons (Fsp3) is 0.692. The van der Waals surface area contributed by atoms with Crippen LogP contribution in [0.25, 0.3) is 0 Å². The van der Waals surface area contributed by atoms with Gasteiger partial charge < -0.3 is 14.6 Å². The van der Waals surface area contributed by atoms with E-state index >= 15 is 0 Å². The first-order valence-electron chi connectivity index (χ1n) is 6.03. The summed E-state index contributed by atoms with van der Waals surface area (Å²) in [5.74, 6) is 0. The van der Waals surface area contributed by atoms with Gasteiger partial charge in [-0.25, -0.2) is 0 Å². The molecule has 16 heavy (non-hydrogen) atoms. The summed E-state index contributed by atoms with van der Waals surface area (Å²) in [6, 6.07) is 0. The highest BCUT2D eigenvalue weighted by Gasteiger charge is 2.12. The number of allylic oxidation sites excluding steroid dienone is 1. The van der Waals surface area contributed by atoms with Crippen LogP contribution in [0.1, 0.15) is 32.1 Å². The van der Waals surface area contributed by atoms with E-state index in [0.29, 0.717) is 0 Å². The van der Waals surface area contributed by atoms with Gasteiger partial charge in [-0.05, 0) is 32.1 Å². The Kier molecular flexibility index (Phi) is 7.14. The SMILES string of the molecule is C=CC(O)/C=C/CCCOC1CCCCO1. The van der Waals surface area contributed by atoms with Crippen molar-refractivity contribution in [3.05, 3.63) is 24.8 Å². The summed E-state index contributed by atoms with van der Waals surface area (Å²) in [5, 5.41) is 9.16. The van der Waals surface area contributed by atoms with Crippen LogP contribution in [0.5, 0.6) is 0 Å². The third-order valence-corrected chi connectivity index (χ3v) is 2.53. The monoisotopic (exact) mass is 226 g/mol. The maximum absolute atomic E-state index is 9.16. The van der Waals surface area contributed by atoms with Crippen LogP contribution in [0.15, 0.2) is 24.8 Å². The molecule has 0 aromatic heterocycles. The van der Waals surface area contributed by atoms with E-state index in [1.807, 2.05) is 6.08 Å². The van der Waals surface area contributed by atoms with Gasteiger partial charge in [-0.2, -0.15) is 0 Å². The molecular formula is C13H22O3. The summed E-state index contributed by atoms with van der Waals surface area (Å²) in [4.78, 5) is 0. The molecule has 3 heteroatoms. The number of unbranched alkanes of at least 4 members (excludes halogenated alkanes) is 1. The van der Waals surface area contributed by atoms with Crippen molar-refractivity contribution >= 4 is 0 Å². The highest BCUT2D eigenvalue weighted by atomic mass is 16.7. The molecule has 1 saturated heterocycles. The average molecular weight is 226 g/mol. The highest BCUT2D eigenvalue weighted by Crippen LogP contribution is 2.13. The summed E-state index contributed by atoms with van der Waals surface area (Å²) < 4.78 is 11.0. The zero-order chi connectivity index (χ0) is 11.6. The van der Waals surface area contributed by atoms with Crippen molar-refractivity contribution in [1.82, 2.24) is 0 Å². The Morgan fingerprint density at radius 3 is 3.06 bits per heavy atom. The summed E-state index contributed by atoms with van der Waals surface area (Å²) in [6.45, 7) is 5.05. The minimum atomic E-state index is -0.525. The predicted molar refractivity (Wildman–Crippen MR) is 64.1 cm³/mol. The van der Waals surface area contributed by atoms with Crippen molar-refractivity contribution in [3.63, 3.8) is 0 Å². The summed E-state index contributed by atoms with van der Waals surface area (Å²) in [6.07, 6.45) is 9.94. The van der Waals surface area contributed by atoms with Crippen LogP contribution in [0.3, 0.4) is 0 Å². The van der Waals surface area contributed by atoms with Gasteiger partial charge in [0.05, 0.1) is 12.7 Å². The molecule has 1 fully saturated rings. The van der Waals surface area contributed by atoms with Crippen LogP contribution in [0.2, 0.25) is 0 Å². The molecule has 92 valence electrons. The molecule has 1 aliphatic rings. The molecule has 1 rings (SSSR count). The molecule has 0 aromatic carbocycles. The van der Waals surface area contributed by atoms with Crippen molar-refractivity contribution in [2.75, 3.05) is 13.2 Å². The number of hydrogen-bond acceptors (Lipinski definition) is 3. The molecule has 1 heterocycles. The standard InChI is InChI=1S/C13H22O3/c1-2-12(14)8-4-3-6-10-15-13-9-5-7-11-16-13/h2,4,8,12-14H,1,3,5-7,9-11H2/b8-4+. The van der Waals surface area contributed by atoms with Crippen molar-refractivity contribution in [2.24, 2.45) is 0 Å². The maximum atomic E-state index is 9.16. The zero-order valence-corrected chi connectivity index (χ0v) is 9.81. The fourth-order valence-electron chi connectivity index (χ4n) is 1.57. The Balaban J connectivity index is 1.94. The number of hydrogen-bond donors (Lipinski definition) is 1. The smallest absolute Gasteiger partial charge is 0.157 e. The number of ether oxygens (including phenoxy) is 2. The average Bonchev–Trinajstić information content (AvgIpc) is 2.34. The number of rotatable bonds is 7. The van der Waals surface area contributed by atoms with Gasteiger partial charge in [0, 0.05) is 6.61 Å². The van der Waals surface area contributed by atoms with E-state index in [2.05, 4.69) is 6.58 Å². The Morgan fingerprint density at radius 1 is 1.50 bits per heavy atom. The third-order valence-electron chi connectivity index (χ3n) is 2.53. The first-order chi connectivity index (χ1) is 7.83. The Labute approximate surface area is 97.8 Å². The highest BCUT2D eigenvalue weighted by molar-refractivity contribution is 4.97. The van der Waals surface area contributed by atoms with E-state index in [1.165, 1.54) is 12.5 Å². The zero-order valence-electron chi connectivity index (χ0n) is 9.81. The van der Waals surface area contributed by atoms with Crippen molar-refractivity contribution in [1.29, 1.82) is 0 Å². The van der Waals surface area contributed by atoms with Crippen LogP contribution in [0, 0.1) is 0 Å². The summed E-state index contributed by atoms with van der Waals surface area (Å²) >= 11 is 0. The van der Waals surface area contributed by atoms with Crippen LogP contribution in [-0.4, -0.2) is 30.7 Å². The van der Waals surface area contributed by atoms with Crippen LogP contribution >= 0.6 is 0 Å². The van der Waals surface area contributed by atoms with Gasteiger partial charge in [-0.3, -0.25) is 0 Å². The Hall–Kier alpha value is -0.640. The second-order valence-electron chi connectivity index (χ2n) is 3.96. The molecule has 2 unspecified atom stereocenters. The van der Waals surface area contributed by atoms with Gasteiger partial charge in [0.1, 0.15) is 0 Å². The van der Waals surface area contributed by atoms with E-state index < -0.39 is 6.10 Å². The van der Waals surface area contributed by atoms with Gasteiger partial charge in [-0.1, -0.05) is 18.2 Å². The van der Waals surface area contributed by atoms with Gasteiger partial charge in [-0.15, -0.1) is 6.58 Å².